The number of benzene rings is 1. The highest BCUT2D eigenvalue weighted by Crippen LogP contribution is 2.42. The first-order valence-electron chi connectivity index (χ1n) is 15.7. The van der Waals surface area contributed by atoms with E-state index in [1.165, 1.54) is 115 Å². The molecule has 1 unspecified atom stereocenters. The maximum absolute atomic E-state index is 12.8. The van der Waals surface area contributed by atoms with Gasteiger partial charge in [-0.3, -0.25) is 0 Å². The van der Waals surface area contributed by atoms with Crippen LogP contribution < -0.4 is 0 Å². The van der Waals surface area contributed by atoms with Crippen molar-refractivity contribution in [3.63, 3.8) is 0 Å². The van der Waals surface area contributed by atoms with Crippen LogP contribution in [-0.2, 0) is 0 Å². The Morgan fingerprint density at radius 1 is 0.919 bits per heavy atom. The summed E-state index contributed by atoms with van der Waals surface area (Å²) in [5.41, 5.74) is 3.34. The van der Waals surface area contributed by atoms with Gasteiger partial charge in [-0.1, -0.05) is 108 Å². The smallest absolute Gasteiger partial charge is 0.195 e. The van der Waals surface area contributed by atoms with Gasteiger partial charge in [0.25, 0.3) is 0 Å². The number of rotatable bonds is 14. The van der Waals surface area contributed by atoms with Crippen molar-refractivity contribution in [3.05, 3.63) is 59.4 Å². The van der Waals surface area contributed by atoms with Gasteiger partial charge in [0.15, 0.2) is 5.83 Å². The molecule has 0 spiro atoms. The van der Waals surface area contributed by atoms with Gasteiger partial charge in [0, 0.05) is 0 Å². The van der Waals surface area contributed by atoms with E-state index in [1.54, 1.807) is 17.2 Å². The van der Waals surface area contributed by atoms with Crippen molar-refractivity contribution in [2.45, 2.75) is 135 Å². The molecular weight excluding hydrogens is 453 g/mol. The third-order valence-electron chi connectivity index (χ3n) is 9.52. The van der Waals surface area contributed by atoms with Crippen LogP contribution in [0.1, 0.15) is 146 Å². The van der Waals surface area contributed by atoms with E-state index in [9.17, 15) is 4.39 Å². The van der Waals surface area contributed by atoms with E-state index in [1.807, 2.05) is 6.08 Å². The minimum absolute atomic E-state index is 0.710. The lowest BCUT2D eigenvalue weighted by Crippen LogP contribution is -2.16. The molecule has 1 aromatic rings. The molecule has 0 bridgehead atoms. The van der Waals surface area contributed by atoms with Crippen molar-refractivity contribution in [1.82, 2.24) is 0 Å². The Balaban J connectivity index is 1.28. The Hall–Kier alpha value is -1.88. The standard InChI is InChI=1S/C35H52FN/c1-3-12-31(4-2)34-17-10-11-18-35(34)32-25-23-30(24-26-32)15-9-8-14-29-21-19-28(20-22-29)13-6-5-7-16-33(36)27-37/h5,7,10-11,16-18,28-32H,3-4,6,8-9,12-15,19-26H2,1-2H3. The molecule has 3 rings (SSSR count). The Labute approximate surface area is 227 Å². The monoisotopic (exact) mass is 505 g/mol. The molecular formula is C35H52FN. The minimum atomic E-state index is -0.710. The zero-order chi connectivity index (χ0) is 26.3. The number of halogens is 1. The summed E-state index contributed by atoms with van der Waals surface area (Å²) in [4.78, 5) is 0. The first-order chi connectivity index (χ1) is 18.1. The molecule has 0 N–H and O–H groups in total. The van der Waals surface area contributed by atoms with Crippen LogP contribution in [-0.4, -0.2) is 0 Å². The molecule has 0 aliphatic heterocycles. The highest BCUT2D eigenvalue weighted by Gasteiger charge is 2.26. The summed E-state index contributed by atoms with van der Waals surface area (Å²) in [7, 11) is 0. The lowest BCUT2D eigenvalue weighted by Gasteiger charge is -2.32. The Morgan fingerprint density at radius 2 is 1.51 bits per heavy atom. The van der Waals surface area contributed by atoms with Crippen LogP contribution in [0.4, 0.5) is 4.39 Å². The second kappa shape index (κ2) is 16.9. The van der Waals surface area contributed by atoms with Crippen molar-refractivity contribution < 1.29 is 4.39 Å². The van der Waals surface area contributed by atoms with E-state index in [2.05, 4.69) is 38.1 Å². The maximum Gasteiger partial charge on any atom is 0.199 e. The Kier molecular flexibility index (Phi) is 13.5. The molecule has 204 valence electrons. The lowest BCUT2D eigenvalue weighted by atomic mass is 9.74. The third-order valence-corrected chi connectivity index (χ3v) is 9.52. The molecule has 0 amide bonds. The second-order valence-corrected chi connectivity index (χ2v) is 12.0. The average Bonchev–Trinajstić information content (AvgIpc) is 2.95. The van der Waals surface area contributed by atoms with Crippen molar-refractivity contribution in [3.8, 4) is 6.07 Å². The van der Waals surface area contributed by atoms with Crippen LogP contribution in [0.3, 0.4) is 0 Å². The van der Waals surface area contributed by atoms with Crippen molar-refractivity contribution in [2.24, 2.45) is 17.8 Å². The van der Waals surface area contributed by atoms with Crippen molar-refractivity contribution in [2.75, 3.05) is 0 Å². The van der Waals surface area contributed by atoms with Crippen molar-refractivity contribution >= 4 is 0 Å². The third kappa shape index (κ3) is 10.1. The highest BCUT2D eigenvalue weighted by molar-refractivity contribution is 5.33. The van der Waals surface area contributed by atoms with Crippen LogP contribution >= 0.6 is 0 Å². The predicted molar refractivity (Wildman–Crippen MR) is 156 cm³/mol. The van der Waals surface area contributed by atoms with E-state index in [4.69, 9.17) is 5.26 Å². The molecule has 37 heavy (non-hydrogen) atoms. The van der Waals surface area contributed by atoms with Gasteiger partial charge in [0.2, 0.25) is 0 Å². The summed E-state index contributed by atoms with van der Waals surface area (Å²) in [6.45, 7) is 4.69. The fraction of sp³-hybridized carbons (Fsp3) is 0.686. The van der Waals surface area contributed by atoms with Gasteiger partial charge in [0.1, 0.15) is 6.07 Å². The van der Waals surface area contributed by atoms with Crippen LogP contribution in [0.5, 0.6) is 0 Å². The Morgan fingerprint density at radius 3 is 2.11 bits per heavy atom. The predicted octanol–water partition coefficient (Wildman–Crippen LogP) is 11.3. The van der Waals surface area contributed by atoms with Crippen LogP contribution in [0.2, 0.25) is 0 Å². The molecule has 2 heteroatoms. The number of unbranched alkanes of at least 4 members (excludes halogenated alkanes) is 1. The van der Waals surface area contributed by atoms with Gasteiger partial charge in [0.05, 0.1) is 0 Å². The first kappa shape index (κ1) is 29.7. The van der Waals surface area contributed by atoms with E-state index >= 15 is 0 Å². The van der Waals surface area contributed by atoms with Crippen molar-refractivity contribution in [1.29, 1.82) is 5.26 Å². The molecule has 0 radical (unpaired) electrons. The maximum atomic E-state index is 12.8. The number of nitrogens with zero attached hydrogens (tertiary/aromatic N) is 1. The normalized spacial score (nSPS) is 25.7. The van der Waals surface area contributed by atoms with Gasteiger partial charge in [-0.25, -0.2) is 0 Å². The lowest BCUT2D eigenvalue weighted by molar-refractivity contribution is 0.244. The zero-order valence-corrected chi connectivity index (χ0v) is 23.8. The topological polar surface area (TPSA) is 23.8 Å². The van der Waals surface area contributed by atoms with Gasteiger partial charge < -0.3 is 0 Å². The summed E-state index contributed by atoms with van der Waals surface area (Å²) in [5, 5.41) is 8.43. The van der Waals surface area contributed by atoms with E-state index in [-0.39, 0.29) is 0 Å². The molecule has 1 nitrogen and oxygen atoms in total. The largest absolute Gasteiger partial charge is 0.199 e. The molecule has 2 saturated carbocycles. The molecule has 2 aliphatic carbocycles. The molecule has 0 saturated heterocycles. The molecule has 1 atom stereocenters. The van der Waals surface area contributed by atoms with Gasteiger partial charge in [-0.05, 0) is 98.2 Å². The van der Waals surface area contributed by atoms with Crippen LogP contribution in [0.25, 0.3) is 0 Å². The fourth-order valence-corrected chi connectivity index (χ4v) is 7.24. The van der Waals surface area contributed by atoms with Crippen LogP contribution in [0, 0.1) is 29.1 Å². The summed E-state index contributed by atoms with van der Waals surface area (Å²) in [5.74, 6) is 3.56. The van der Waals surface area contributed by atoms with E-state index in [0.29, 0.717) is 0 Å². The zero-order valence-electron chi connectivity index (χ0n) is 23.8. The van der Waals surface area contributed by atoms with E-state index < -0.39 is 5.83 Å². The van der Waals surface area contributed by atoms with Gasteiger partial charge >= 0.3 is 0 Å². The average molecular weight is 506 g/mol. The number of hydrogen-bond donors (Lipinski definition) is 0. The van der Waals surface area contributed by atoms with Gasteiger partial charge in [-0.15, -0.1) is 0 Å². The molecule has 2 fully saturated rings. The van der Waals surface area contributed by atoms with E-state index in [0.717, 1.165) is 36.0 Å². The Bertz CT molecular complexity index is 861. The molecule has 0 heterocycles. The fourth-order valence-electron chi connectivity index (χ4n) is 7.24. The number of hydrogen-bond acceptors (Lipinski definition) is 1. The summed E-state index contributed by atoms with van der Waals surface area (Å²) in [6.07, 6.45) is 28.0. The molecule has 1 aromatic carbocycles. The second-order valence-electron chi connectivity index (χ2n) is 12.0. The summed E-state index contributed by atoms with van der Waals surface area (Å²) in [6, 6.07) is 10.9. The first-order valence-corrected chi connectivity index (χ1v) is 15.7. The quantitative estimate of drug-likeness (QED) is 0.140. The summed E-state index contributed by atoms with van der Waals surface area (Å²) >= 11 is 0. The van der Waals surface area contributed by atoms with Crippen LogP contribution in [0.15, 0.2) is 48.3 Å². The van der Waals surface area contributed by atoms with Gasteiger partial charge in [-0.2, -0.15) is 9.65 Å². The SMILES string of the molecule is CCCC(CC)c1ccccc1C1CCC(CCCCC2CCC(CCC=CC=C(F)C#N)CC2)CC1. The number of nitriles is 1. The minimum Gasteiger partial charge on any atom is -0.195 e. The molecule has 0 aromatic heterocycles. The number of allylic oxidation sites excluding steroid dienone is 4. The summed E-state index contributed by atoms with van der Waals surface area (Å²) < 4.78 is 12.8. The highest BCUT2D eigenvalue weighted by atomic mass is 19.1. The molecule has 2 aliphatic rings.